The molecule has 0 aliphatic heterocycles. The minimum atomic E-state index is -3.10. The second-order valence-electron chi connectivity index (χ2n) is 4.92. The molecule has 0 bridgehead atoms. The Morgan fingerprint density at radius 1 is 1.18 bits per heavy atom. The number of sulfonamides is 1. The molecule has 17 heavy (non-hydrogen) atoms. The average molecular weight is 264 g/mol. The summed E-state index contributed by atoms with van der Waals surface area (Å²) < 4.78 is 25.5. The van der Waals surface area contributed by atoms with Crippen LogP contribution >= 0.6 is 0 Å². The maximum atomic E-state index is 12.0. The second-order valence-corrected chi connectivity index (χ2v) is 7.07. The summed E-state index contributed by atoms with van der Waals surface area (Å²) in [5, 5.41) is 3.22. The molecule has 1 unspecified atom stereocenters. The molecule has 5 heteroatoms. The summed E-state index contributed by atoms with van der Waals surface area (Å²) in [6, 6.07) is 0.0589. The smallest absolute Gasteiger partial charge is 0.214 e. The summed E-state index contributed by atoms with van der Waals surface area (Å²) in [7, 11) is -1.42. The molecule has 0 spiro atoms. The van der Waals surface area contributed by atoms with Crippen LogP contribution in [0.2, 0.25) is 0 Å². The topological polar surface area (TPSA) is 49.4 Å². The third-order valence-electron chi connectivity index (χ3n) is 3.16. The van der Waals surface area contributed by atoms with Gasteiger partial charge in [0, 0.05) is 13.1 Å². The second kappa shape index (κ2) is 8.06. The van der Waals surface area contributed by atoms with Crippen molar-refractivity contribution in [1.82, 2.24) is 9.62 Å². The lowest BCUT2D eigenvalue weighted by Gasteiger charge is -2.27. The lowest BCUT2D eigenvalue weighted by atomic mass is 10.1. The summed E-state index contributed by atoms with van der Waals surface area (Å²) in [6.07, 6.45) is 1.76. The molecule has 0 saturated heterocycles. The number of nitrogens with zero attached hydrogens (tertiary/aromatic N) is 1. The summed E-state index contributed by atoms with van der Waals surface area (Å²) >= 11 is 0. The monoisotopic (exact) mass is 264 g/mol. The van der Waals surface area contributed by atoms with Crippen molar-refractivity contribution in [2.24, 2.45) is 5.92 Å². The van der Waals surface area contributed by atoms with Crippen LogP contribution in [0.3, 0.4) is 0 Å². The van der Waals surface area contributed by atoms with Crippen molar-refractivity contribution in [2.45, 2.75) is 46.6 Å². The SMILES string of the molecule is CCCNCCCS(=O)(=O)N(C)C(C)C(C)C. The van der Waals surface area contributed by atoms with E-state index in [1.54, 1.807) is 7.05 Å². The van der Waals surface area contributed by atoms with Crippen molar-refractivity contribution in [2.75, 3.05) is 25.9 Å². The highest BCUT2D eigenvalue weighted by molar-refractivity contribution is 7.89. The van der Waals surface area contributed by atoms with Gasteiger partial charge in [-0.1, -0.05) is 20.8 Å². The Hall–Kier alpha value is -0.130. The van der Waals surface area contributed by atoms with Gasteiger partial charge in [-0.3, -0.25) is 0 Å². The predicted molar refractivity (Wildman–Crippen MR) is 73.6 cm³/mol. The third-order valence-corrected chi connectivity index (χ3v) is 5.17. The van der Waals surface area contributed by atoms with Gasteiger partial charge in [0.1, 0.15) is 0 Å². The standard InChI is InChI=1S/C12H28N2O2S/c1-6-8-13-9-7-10-17(15,16)14(5)12(4)11(2)3/h11-13H,6-10H2,1-5H3. The van der Waals surface area contributed by atoms with Gasteiger partial charge in [-0.05, 0) is 38.8 Å². The van der Waals surface area contributed by atoms with Gasteiger partial charge in [-0.2, -0.15) is 0 Å². The summed E-state index contributed by atoms with van der Waals surface area (Å²) in [5.41, 5.74) is 0. The van der Waals surface area contributed by atoms with E-state index in [0.717, 1.165) is 19.5 Å². The van der Waals surface area contributed by atoms with Crippen molar-refractivity contribution >= 4 is 10.0 Å². The fraction of sp³-hybridized carbons (Fsp3) is 1.00. The first-order valence-corrected chi connectivity index (χ1v) is 8.10. The summed E-state index contributed by atoms with van der Waals surface area (Å²) in [4.78, 5) is 0. The van der Waals surface area contributed by atoms with Crippen LogP contribution in [0.4, 0.5) is 0 Å². The maximum Gasteiger partial charge on any atom is 0.214 e. The number of nitrogens with one attached hydrogen (secondary N) is 1. The Morgan fingerprint density at radius 3 is 2.24 bits per heavy atom. The molecule has 0 rings (SSSR count). The molecule has 0 aromatic heterocycles. The molecule has 0 saturated carbocycles. The highest BCUT2D eigenvalue weighted by Crippen LogP contribution is 2.13. The van der Waals surface area contributed by atoms with Gasteiger partial charge in [-0.15, -0.1) is 0 Å². The van der Waals surface area contributed by atoms with Crippen LogP contribution in [0.25, 0.3) is 0 Å². The minimum absolute atomic E-state index is 0.0589. The zero-order valence-electron chi connectivity index (χ0n) is 11.9. The number of hydrogen-bond acceptors (Lipinski definition) is 3. The van der Waals surface area contributed by atoms with Crippen LogP contribution < -0.4 is 5.32 Å². The first kappa shape index (κ1) is 16.9. The molecule has 0 amide bonds. The highest BCUT2D eigenvalue weighted by atomic mass is 32.2. The van der Waals surface area contributed by atoms with Crippen LogP contribution in [0, 0.1) is 5.92 Å². The van der Waals surface area contributed by atoms with E-state index in [4.69, 9.17) is 0 Å². The lowest BCUT2D eigenvalue weighted by molar-refractivity contribution is 0.315. The summed E-state index contributed by atoms with van der Waals surface area (Å²) in [5.74, 6) is 0.574. The first-order valence-electron chi connectivity index (χ1n) is 6.49. The van der Waals surface area contributed by atoms with E-state index >= 15 is 0 Å². The lowest BCUT2D eigenvalue weighted by Crippen LogP contribution is -2.40. The van der Waals surface area contributed by atoms with E-state index in [9.17, 15) is 8.42 Å². The van der Waals surface area contributed by atoms with Crippen molar-refractivity contribution in [3.05, 3.63) is 0 Å². The van der Waals surface area contributed by atoms with Crippen molar-refractivity contribution in [3.63, 3.8) is 0 Å². The summed E-state index contributed by atoms with van der Waals surface area (Å²) in [6.45, 7) is 9.87. The molecule has 0 heterocycles. The normalized spacial score (nSPS) is 14.5. The van der Waals surface area contributed by atoms with E-state index < -0.39 is 10.0 Å². The van der Waals surface area contributed by atoms with Crippen LogP contribution in [0.1, 0.15) is 40.5 Å². The van der Waals surface area contributed by atoms with E-state index in [2.05, 4.69) is 12.2 Å². The van der Waals surface area contributed by atoms with Gasteiger partial charge in [0.15, 0.2) is 0 Å². The van der Waals surface area contributed by atoms with Crippen molar-refractivity contribution < 1.29 is 8.42 Å². The van der Waals surface area contributed by atoms with E-state index in [1.807, 2.05) is 20.8 Å². The molecule has 104 valence electrons. The molecule has 1 N–H and O–H groups in total. The average Bonchev–Trinajstić information content (AvgIpc) is 2.26. The van der Waals surface area contributed by atoms with Crippen LogP contribution in [-0.4, -0.2) is 44.7 Å². The largest absolute Gasteiger partial charge is 0.317 e. The Morgan fingerprint density at radius 2 is 1.76 bits per heavy atom. The van der Waals surface area contributed by atoms with Gasteiger partial charge < -0.3 is 5.32 Å². The van der Waals surface area contributed by atoms with E-state index in [-0.39, 0.29) is 11.8 Å². The molecular formula is C12H28N2O2S. The molecule has 0 aliphatic rings. The molecule has 1 atom stereocenters. The van der Waals surface area contributed by atoms with Crippen LogP contribution in [-0.2, 0) is 10.0 Å². The Bertz CT molecular complexity index is 289. The molecule has 0 aromatic rings. The zero-order chi connectivity index (χ0) is 13.5. The fourth-order valence-corrected chi connectivity index (χ4v) is 3.05. The minimum Gasteiger partial charge on any atom is -0.317 e. The van der Waals surface area contributed by atoms with Gasteiger partial charge in [0.05, 0.1) is 5.75 Å². The first-order chi connectivity index (χ1) is 7.83. The van der Waals surface area contributed by atoms with Crippen LogP contribution in [0.5, 0.6) is 0 Å². The van der Waals surface area contributed by atoms with Gasteiger partial charge >= 0.3 is 0 Å². The molecule has 0 aromatic carbocycles. The Kier molecular flexibility index (Phi) is 8.00. The van der Waals surface area contributed by atoms with Crippen molar-refractivity contribution in [3.8, 4) is 0 Å². The fourth-order valence-electron chi connectivity index (χ4n) is 1.50. The third kappa shape index (κ3) is 6.38. The quantitative estimate of drug-likeness (QED) is 0.645. The highest BCUT2D eigenvalue weighted by Gasteiger charge is 2.24. The molecule has 4 nitrogen and oxygen atoms in total. The molecular weight excluding hydrogens is 236 g/mol. The molecule has 0 aliphatic carbocycles. The number of hydrogen-bond donors (Lipinski definition) is 1. The maximum absolute atomic E-state index is 12.0. The number of rotatable bonds is 9. The zero-order valence-corrected chi connectivity index (χ0v) is 12.7. The van der Waals surface area contributed by atoms with Gasteiger partial charge in [0.25, 0.3) is 0 Å². The van der Waals surface area contributed by atoms with E-state index in [0.29, 0.717) is 12.3 Å². The van der Waals surface area contributed by atoms with E-state index in [1.165, 1.54) is 4.31 Å². The van der Waals surface area contributed by atoms with Crippen molar-refractivity contribution in [1.29, 1.82) is 0 Å². The molecule has 0 fully saturated rings. The van der Waals surface area contributed by atoms with Gasteiger partial charge in [-0.25, -0.2) is 12.7 Å². The van der Waals surface area contributed by atoms with Crippen LogP contribution in [0.15, 0.2) is 0 Å². The predicted octanol–water partition coefficient (Wildman–Crippen LogP) is 1.68. The van der Waals surface area contributed by atoms with Gasteiger partial charge in [0.2, 0.25) is 10.0 Å². The Balaban J connectivity index is 4.10. The Labute approximate surface area is 107 Å². The molecule has 0 radical (unpaired) electrons.